The predicted octanol–water partition coefficient (Wildman–Crippen LogP) is 2.52. The maximum Gasteiger partial charge on any atom is 0.244 e. The summed E-state index contributed by atoms with van der Waals surface area (Å²) in [5.74, 6) is 0.839. The fourth-order valence-corrected chi connectivity index (χ4v) is 3.85. The molecule has 1 aliphatic carbocycles. The Labute approximate surface area is 164 Å². The Kier molecular flexibility index (Phi) is 7.54. The van der Waals surface area contributed by atoms with E-state index in [2.05, 4.69) is 39.2 Å². The fourth-order valence-electron chi connectivity index (χ4n) is 2.96. The monoisotopic (exact) mass is 460 g/mol. The lowest BCUT2D eigenvalue weighted by Gasteiger charge is -2.26. The van der Waals surface area contributed by atoms with Gasteiger partial charge in [-0.3, -0.25) is 4.79 Å². The van der Waals surface area contributed by atoms with Crippen LogP contribution in [0.25, 0.3) is 0 Å². The number of hydrogen-bond donors (Lipinski definition) is 2. The summed E-state index contributed by atoms with van der Waals surface area (Å²) in [5.41, 5.74) is 1.29. The van der Waals surface area contributed by atoms with Gasteiger partial charge in [-0.2, -0.15) is 0 Å². The Morgan fingerprint density at radius 3 is 2.96 bits per heavy atom. The molecule has 2 heterocycles. The number of carbonyl (C=O) groups excluding carboxylic acids is 1. The van der Waals surface area contributed by atoms with E-state index in [0.717, 1.165) is 44.9 Å². The Balaban J connectivity index is 0.00000208. The molecular formula is C17H25IN4OS. The molecule has 0 aromatic carbocycles. The van der Waals surface area contributed by atoms with E-state index in [4.69, 9.17) is 0 Å². The second-order valence-corrected chi connectivity index (χ2v) is 6.91. The van der Waals surface area contributed by atoms with Gasteiger partial charge in [0.1, 0.15) is 6.54 Å². The minimum Gasteiger partial charge on any atom is -0.357 e. The van der Waals surface area contributed by atoms with Gasteiger partial charge >= 0.3 is 0 Å². The van der Waals surface area contributed by atoms with Crippen molar-refractivity contribution >= 4 is 47.2 Å². The van der Waals surface area contributed by atoms with Gasteiger partial charge in [-0.25, -0.2) is 4.99 Å². The summed E-state index contributed by atoms with van der Waals surface area (Å²) in [7, 11) is 0. The van der Waals surface area contributed by atoms with Gasteiger partial charge in [0.2, 0.25) is 5.91 Å². The number of guanidine groups is 1. The van der Waals surface area contributed by atoms with E-state index in [0.29, 0.717) is 6.04 Å². The molecule has 0 fully saturated rings. The van der Waals surface area contributed by atoms with Crippen LogP contribution in [0.15, 0.2) is 28.6 Å². The molecule has 0 spiro atoms. The molecule has 3 rings (SSSR count). The largest absolute Gasteiger partial charge is 0.357 e. The van der Waals surface area contributed by atoms with Crippen molar-refractivity contribution < 1.29 is 4.79 Å². The van der Waals surface area contributed by atoms with Crippen molar-refractivity contribution in [2.75, 3.05) is 19.6 Å². The second-order valence-electron chi connectivity index (χ2n) is 5.91. The highest BCUT2D eigenvalue weighted by molar-refractivity contribution is 14.0. The van der Waals surface area contributed by atoms with Crippen LogP contribution in [0.1, 0.15) is 30.2 Å². The smallest absolute Gasteiger partial charge is 0.244 e. The molecule has 132 valence electrons. The van der Waals surface area contributed by atoms with Crippen LogP contribution in [-0.4, -0.2) is 42.4 Å². The zero-order valence-corrected chi connectivity index (χ0v) is 17.1. The number of hydrogen-bond acceptors (Lipinski definition) is 3. The molecule has 0 radical (unpaired) electrons. The van der Waals surface area contributed by atoms with Crippen LogP contribution in [0.4, 0.5) is 0 Å². The maximum absolute atomic E-state index is 12.4. The highest BCUT2D eigenvalue weighted by Gasteiger charge is 2.21. The molecule has 0 saturated carbocycles. The molecule has 2 N–H and O–H groups in total. The van der Waals surface area contributed by atoms with Crippen molar-refractivity contribution in [2.24, 2.45) is 4.99 Å². The lowest BCUT2D eigenvalue weighted by Crippen LogP contribution is -2.43. The molecule has 5 nitrogen and oxygen atoms in total. The van der Waals surface area contributed by atoms with Gasteiger partial charge in [0.05, 0.1) is 0 Å². The van der Waals surface area contributed by atoms with Crippen molar-refractivity contribution in [1.29, 1.82) is 0 Å². The van der Waals surface area contributed by atoms with Crippen molar-refractivity contribution in [1.82, 2.24) is 15.5 Å². The number of aliphatic imine (C=N–C) groups is 1. The van der Waals surface area contributed by atoms with E-state index in [1.54, 1.807) is 11.3 Å². The quantitative estimate of drug-likeness (QED) is 0.314. The molecule has 1 aliphatic heterocycles. The van der Waals surface area contributed by atoms with Crippen LogP contribution in [0.5, 0.6) is 0 Å². The van der Waals surface area contributed by atoms with Gasteiger partial charge in [-0.05, 0) is 43.2 Å². The van der Waals surface area contributed by atoms with Crippen LogP contribution in [0.3, 0.4) is 0 Å². The van der Waals surface area contributed by atoms with Gasteiger partial charge in [0.15, 0.2) is 5.96 Å². The molecule has 0 unspecified atom stereocenters. The summed E-state index contributed by atoms with van der Waals surface area (Å²) in [6, 6.07) is 2.52. The standard InChI is InChI=1S/C17H24N4OS.HI/c1-2-18-17(20-14-5-3-4-6-14)19-11-16(22)21-9-7-15-13(12-21)8-10-23-15;/h3-4,8,10,14H,2,5-7,9,11-12H2,1H3,(H2,18,19,20);1H. The van der Waals surface area contributed by atoms with E-state index < -0.39 is 0 Å². The Morgan fingerprint density at radius 1 is 1.42 bits per heavy atom. The number of rotatable bonds is 4. The summed E-state index contributed by atoms with van der Waals surface area (Å²) in [6.07, 6.45) is 7.36. The van der Waals surface area contributed by atoms with Crippen LogP contribution < -0.4 is 10.6 Å². The SMILES string of the molecule is CCNC(=NCC(=O)N1CCc2sccc2C1)NC1CC=CC1.I. The highest BCUT2D eigenvalue weighted by atomic mass is 127. The third-order valence-electron chi connectivity index (χ3n) is 4.23. The lowest BCUT2D eigenvalue weighted by molar-refractivity contribution is -0.130. The molecule has 0 atom stereocenters. The van der Waals surface area contributed by atoms with Crippen LogP contribution in [-0.2, 0) is 17.8 Å². The van der Waals surface area contributed by atoms with Crippen molar-refractivity contribution in [3.8, 4) is 0 Å². The van der Waals surface area contributed by atoms with E-state index >= 15 is 0 Å². The maximum atomic E-state index is 12.4. The molecule has 1 amide bonds. The zero-order chi connectivity index (χ0) is 16.1. The number of nitrogens with one attached hydrogen (secondary N) is 2. The van der Waals surface area contributed by atoms with E-state index in [9.17, 15) is 4.79 Å². The predicted molar refractivity (Wildman–Crippen MR) is 110 cm³/mol. The summed E-state index contributed by atoms with van der Waals surface area (Å²) in [4.78, 5) is 20.2. The molecule has 2 aliphatic rings. The third-order valence-corrected chi connectivity index (χ3v) is 5.25. The molecular weight excluding hydrogens is 435 g/mol. The Hall–Kier alpha value is -1.09. The number of thiophene rings is 1. The number of nitrogens with zero attached hydrogens (tertiary/aromatic N) is 2. The van der Waals surface area contributed by atoms with Crippen LogP contribution >= 0.6 is 35.3 Å². The summed E-state index contributed by atoms with van der Waals surface area (Å²) >= 11 is 1.79. The lowest BCUT2D eigenvalue weighted by atomic mass is 10.1. The average Bonchev–Trinajstić information content (AvgIpc) is 3.23. The Bertz CT molecular complexity index is 605. The highest BCUT2D eigenvalue weighted by Crippen LogP contribution is 2.23. The molecule has 7 heteroatoms. The first kappa shape index (κ1) is 19.2. The van der Waals surface area contributed by atoms with Gasteiger partial charge in [-0.1, -0.05) is 12.2 Å². The van der Waals surface area contributed by atoms with E-state index in [1.165, 1.54) is 10.4 Å². The topological polar surface area (TPSA) is 56.7 Å². The molecule has 1 aromatic heterocycles. The molecule has 24 heavy (non-hydrogen) atoms. The fraction of sp³-hybridized carbons (Fsp3) is 0.529. The van der Waals surface area contributed by atoms with Crippen LogP contribution in [0.2, 0.25) is 0 Å². The minimum atomic E-state index is 0. The average molecular weight is 460 g/mol. The van der Waals surface area contributed by atoms with Gasteiger partial charge in [-0.15, -0.1) is 35.3 Å². The van der Waals surface area contributed by atoms with Gasteiger partial charge < -0.3 is 15.5 Å². The van der Waals surface area contributed by atoms with Gasteiger partial charge in [0, 0.05) is 30.6 Å². The minimum absolute atomic E-state index is 0. The first-order valence-electron chi connectivity index (χ1n) is 8.29. The van der Waals surface area contributed by atoms with Crippen molar-refractivity contribution in [3.63, 3.8) is 0 Å². The first-order chi connectivity index (χ1) is 11.3. The molecule has 0 bridgehead atoms. The number of amides is 1. The van der Waals surface area contributed by atoms with E-state index in [1.807, 2.05) is 11.8 Å². The molecule has 0 saturated heterocycles. The third kappa shape index (κ3) is 4.95. The van der Waals surface area contributed by atoms with Crippen LogP contribution in [0, 0.1) is 0 Å². The number of carbonyl (C=O) groups is 1. The number of fused-ring (bicyclic) bond motifs is 1. The first-order valence-corrected chi connectivity index (χ1v) is 9.17. The number of halogens is 1. The van der Waals surface area contributed by atoms with Crippen molar-refractivity contribution in [3.05, 3.63) is 34.0 Å². The van der Waals surface area contributed by atoms with Gasteiger partial charge in [0.25, 0.3) is 0 Å². The normalized spacial score (nSPS) is 17.4. The zero-order valence-electron chi connectivity index (χ0n) is 14.0. The summed E-state index contributed by atoms with van der Waals surface area (Å²) in [6.45, 7) is 4.56. The Morgan fingerprint density at radius 2 is 2.21 bits per heavy atom. The second kappa shape index (κ2) is 9.41. The molecule has 1 aromatic rings. The van der Waals surface area contributed by atoms with Crippen molar-refractivity contribution in [2.45, 2.75) is 38.8 Å². The van der Waals surface area contributed by atoms with E-state index in [-0.39, 0.29) is 36.4 Å². The summed E-state index contributed by atoms with van der Waals surface area (Å²) < 4.78 is 0. The summed E-state index contributed by atoms with van der Waals surface area (Å²) in [5, 5.41) is 8.73.